The predicted octanol–water partition coefficient (Wildman–Crippen LogP) is 4.11. The standard InChI is InChI=1S/C18H22FN3S/c1-4-22(13-14-9-11-15(12-10-14)21(2)3)18(23)20-17-8-6-5-7-16(17)19/h5-12H,4,13H2,1-3H3,(H,20,23). The molecule has 0 unspecified atom stereocenters. The molecule has 0 aliphatic rings. The molecule has 1 N–H and O–H groups in total. The summed E-state index contributed by atoms with van der Waals surface area (Å²) in [6.07, 6.45) is 0. The lowest BCUT2D eigenvalue weighted by Crippen LogP contribution is -2.34. The summed E-state index contributed by atoms with van der Waals surface area (Å²) in [4.78, 5) is 4.07. The number of nitrogens with one attached hydrogen (secondary N) is 1. The van der Waals surface area contributed by atoms with E-state index < -0.39 is 0 Å². The molecule has 0 fully saturated rings. The summed E-state index contributed by atoms with van der Waals surface area (Å²) in [7, 11) is 4.03. The number of para-hydroxylation sites is 1. The first kappa shape index (κ1) is 17.2. The third kappa shape index (κ3) is 4.66. The average Bonchev–Trinajstić information content (AvgIpc) is 2.55. The van der Waals surface area contributed by atoms with Gasteiger partial charge in [0.1, 0.15) is 5.82 Å². The van der Waals surface area contributed by atoms with Crippen LogP contribution in [-0.2, 0) is 6.54 Å². The number of nitrogens with zero attached hydrogens (tertiary/aromatic N) is 2. The number of halogens is 1. The third-order valence-corrected chi connectivity index (χ3v) is 3.97. The van der Waals surface area contributed by atoms with Crippen molar-refractivity contribution in [2.24, 2.45) is 0 Å². The molecule has 3 nitrogen and oxygen atoms in total. The zero-order valence-electron chi connectivity index (χ0n) is 13.7. The van der Waals surface area contributed by atoms with Crippen LogP contribution in [0.3, 0.4) is 0 Å². The van der Waals surface area contributed by atoms with E-state index >= 15 is 0 Å². The molecule has 0 saturated carbocycles. The number of benzene rings is 2. The van der Waals surface area contributed by atoms with Crippen LogP contribution in [0.5, 0.6) is 0 Å². The van der Waals surface area contributed by atoms with Gasteiger partial charge in [-0.3, -0.25) is 0 Å². The van der Waals surface area contributed by atoms with Gasteiger partial charge in [0.15, 0.2) is 5.11 Å². The molecule has 0 amide bonds. The molecule has 2 rings (SSSR count). The van der Waals surface area contributed by atoms with E-state index in [1.165, 1.54) is 6.07 Å². The van der Waals surface area contributed by atoms with Gasteiger partial charge in [-0.15, -0.1) is 0 Å². The van der Waals surface area contributed by atoms with Crippen molar-refractivity contribution in [2.75, 3.05) is 30.9 Å². The maximum atomic E-state index is 13.7. The SMILES string of the molecule is CCN(Cc1ccc(N(C)C)cc1)C(=S)Nc1ccccc1F. The quantitative estimate of drug-likeness (QED) is 0.831. The van der Waals surface area contributed by atoms with Crippen LogP contribution in [0.1, 0.15) is 12.5 Å². The maximum absolute atomic E-state index is 13.7. The molecule has 0 atom stereocenters. The van der Waals surface area contributed by atoms with E-state index in [1.807, 2.05) is 25.9 Å². The van der Waals surface area contributed by atoms with Gasteiger partial charge < -0.3 is 15.1 Å². The predicted molar refractivity (Wildman–Crippen MR) is 99.5 cm³/mol. The first-order valence-corrected chi connectivity index (χ1v) is 7.98. The summed E-state index contributed by atoms with van der Waals surface area (Å²) >= 11 is 5.42. The van der Waals surface area contributed by atoms with Crippen molar-refractivity contribution in [1.82, 2.24) is 4.90 Å². The van der Waals surface area contributed by atoms with E-state index in [4.69, 9.17) is 12.2 Å². The highest BCUT2D eigenvalue weighted by molar-refractivity contribution is 7.80. The second-order valence-electron chi connectivity index (χ2n) is 5.49. The Morgan fingerprint density at radius 3 is 2.30 bits per heavy atom. The Kier molecular flexibility index (Phi) is 5.93. The minimum atomic E-state index is -0.304. The van der Waals surface area contributed by atoms with E-state index in [9.17, 15) is 4.39 Å². The number of hydrogen-bond acceptors (Lipinski definition) is 2. The monoisotopic (exact) mass is 331 g/mol. The van der Waals surface area contributed by atoms with Crippen molar-refractivity contribution in [3.8, 4) is 0 Å². The summed E-state index contributed by atoms with van der Waals surface area (Å²) in [5, 5.41) is 3.51. The zero-order chi connectivity index (χ0) is 16.8. The van der Waals surface area contributed by atoms with Gasteiger partial charge in [0.05, 0.1) is 5.69 Å². The Labute approximate surface area is 142 Å². The highest BCUT2D eigenvalue weighted by Crippen LogP contribution is 2.16. The van der Waals surface area contributed by atoms with E-state index in [0.717, 1.165) is 17.8 Å². The Balaban J connectivity index is 2.04. The summed E-state index contributed by atoms with van der Waals surface area (Å²) in [6, 6.07) is 14.9. The van der Waals surface area contributed by atoms with E-state index in [0.29, 0.717) is 17.3 Å². The van der Waals surface area contributed by atoms with Crippen LogP contribution in [0.15, 0.2) is 48.5 Å². The van der Waals surface area contributed by atoms with Crippen molar-refractivity contribution in [3.05, 3.63) is 59.9 Å². The Bertz CT molecular complexity index is 656. The second kappa shape index (κ2) is 7.92. The molecular formula is C18H22FN3S. The molecule has 2 aromatic rings. The smallest absolute Gasteiger partial charge is 0.173 e. The molecule has 0 aromatic heterocycles. The van der Waals surface area contributed by atoms with Gasteiger partial charge in [-0.05, 0) is 49.0 Å². The van der Waals surface area contributed by atoms with Crippen LogP contribution in [-0.4, -0.2) is 30.7 Å². The van der Waals surface area contributed by atoms with Crippen LogP contribution in [0.2, 0.25) is 0 Å². The molecule has 0 spiro atoms. The fraction of sp³-hybridized carbons (Fsp3) is 0.278. The van der Waals surface area contributed by atoms with Crippen LogP contribution >= 0.6 is 12.2 Å². The van der Waals surface area contributed by atoms with Gasteiger partial charge in [-0.2, -0.15) is 0 Å². The Hall–Kier alpha value is -2.14. The number of thiocarbonyl (C=S) groups is 1. The zero-order valence-corrected chi connectivity index (χ0v) is 14.5. The van der Waals surface area contributed by atoms with Gasteiger partial charge in [-0.25, -0.2) is 4.39 Å². The van der Waals surface area contributed by atoms with Crippen molar-refractivity contribution < 1.29 is 4.39 Å². The summed E-state index contributed by atoms with van der Waals surface area (Å²) < 4.78 is 13.7. The van der Waals surface area contributed by atoms with Gasteiger partial charge >= 0.3 is 0 Å². The molecule has 2 aromatic carbocycles. The lowest BCUT2D eigenvalue weighted by atomic mass is 10.2. The second-order valence-corrected chi connectivity index (χ2v) is 5.87. The number of hydrogen-bond donors (Lipinski definition) is 1. The molecule has 0 heterocycles. The third-order valence-electron chi connectivity index (χ3n) is 3.61. The first-order chi connectivity index (χ1) is 11.0. The summed E-state index contributed by atoms with van der Waals surface area (Å²) in [5.41, 5.74) is 2.72. The van der Waals surface area contributed by atoms with E-state index in [-0.39, 0.29) is 5.82 Å². The lowest BCUT2D eigenvalue weighted by Gasteiger charge is -2.25. The Morgan fingerprint density at radius 2 is 1.74 bits per heavy atom. The molecule has 5 heteroatoms. The molecule has 0 radical (unpaired) electrons. The topological polar surface area (TPSA) is 18.5 Å². The average molecular weight is 331 g/mol. The molecule has 0 aliphatic heterocycles. The fourth-order valence-electron chi connectivity index (χ4n) is 2.20. The van der Waals surface area contributed by atoms with Gasteiger partial charge in [0, 0.05) is 32.9 Å². The summed E-state index contributed by atoms with van der Waals surface area (Å²) in [5.74, 6) is -0.304. The van der Waals surface area contributed by atoms with Crippen LogP contribution in [0.25, 0.3) is 0 Å². The Morgan fingerprint density at radius 1 is 1.09 bits per heavy atom. The molecular weight excluding hydrogens is 309 g/mol. The highest BCUT2D eigenvalue weighted by Gasteiger charge is 2.10. The number of anilines is 2. The minimum Gasteiger partial charge on any atom is -0.378 e. The number of rotatable bonds is 5. The van der Waals surface area contributed by atoms with Gasteiger partial charge in [-0.1, -0.05) is 24.3 Å². The molecule has 0 bridgehead atoms. The van der Waals surface area contributed by atoms with Crippen molar-refractivity contribution >= 4 is 28.7 Å². The van der Waals surface area contributed by atoms with Gasteiger partial charge in [0.25, 0.3) is 0 Å². The first-order valence-electron chi connectivity index (χ1n) is 7.58. The molecule has 0 aliphatic carbocycles. The van der Waals surface area contributed by atoms with E-state index in [1.54, 1.807) is 18.2 Å². The molecule has 122 valence electrons. The minimum absolute atomic E-state index is 0.304. The largest absolute Gasteiger partial charge is 0.378 e. The highest BCUT2D eigenvalue weighted by atomic mass is 32.1. The maximum Gasteiger partial charge on any atom is 0.173 e. The summed E-state index contributed by atoms with van der Waals surface area (Å²) in [6.45, 7) is 3.46. The molecule has 23 heavy (non-hydrogen) atoms. The van der Waals surface area contributed by atoms with Crippen LogP contribution < -0.4 is 10.2 Å². The fourth-order valence-corrected chi connectivity index (χ4v) is 2.51. The van der Waals surface area contributed by atoms with Gasteiger partial charge in [0.2, 0.25) is 0 Å². The molecule has 0 saturated heterocycles. The van der Waals surface area contributed by atoms with Crippen molar-refractivity contribution in [2.45, 2.75) is 13.5 Å². The van der Waals surface area contributed by atoms with Crippen LogP contribution in [0.4, 0.5) is 15.8 Å². The lowest BCUT2D eigenvalue weighted by molar-refractivity contribution is 0.442. The van der Waals surface area contributed by atoms with Crippen molar-refractivity contribution in [3.63, 3.8) is 0 Å². The van der Waals surface area contributed by atoms with E-state index in [2.05, 4.69) is 34.5 Å². The van der Waals surface area contributed by atoms with Crippen LogP contribution in [0, 0.1) is 5.82 Å². The van der Waals surface area contributed by atoms with Crippen molar-refractivity contribution in [1.29, 1.82) is 0 Å². The normalized spacial score (nSPS) is 10.3.